The fraction of sp³-hybridized carbons (Fsp3) is 0.200. The summed E-state index contributed by atoms with van der Waals surface area (Å²) in [5.41, 5.74) is 4.36. The highest BCUT2D eigenvalue weighted by atomic mass is 16.5. The molecule has 5 heteroatoms. The van der Waals surface area contributed by atoms with Crippen LogP contribution in [0.3, 0.4) is 0 Å². The molecule has 0 saturated carbocycles. The number of ether oxygens (including phenoxy) is 1. The molecule has 0 spiro atoms. The number of aromatic nitrogens is 2. The fourth-order valence-corrected chi connectivity index (χ4v) is 3.61. The van der Waals surface area contributed by atoms with E-state index in [1.807, 2.05) is 55.5 Å². The maximum atomic E-state index is 12.5. The number of ketones is 1. The molecule has 0 fully saturated rings. The van der Waals surface area contributed by atoms with Crippen molar-refractivity contribution in [3.8, 4) is 5.75 Å². The zero-order chi connectivity index (χ0) is 17.6. The van der Waals surface area contributed by atoms with E-state index in [1.165, 1.54) is 0 Å². The van der Waals surface area contributed by atoms with Gasteiger partial charge in [0.15, 0.2) is 5.78 Å². The minimum atomic E-state index is -0.280. The number of allylic oxidation sites excluding steroid dienone is 2. The van der Waals surface area contributed by atoms with Crippen molar-refractivity contribution < 1.29 is 9.53 Å². The van der Waals surface area contributed by atoms with E-state index >= 15 is 0 Å². The predicted octanol–water partition coefficient (Wildman–Crippen LogP) is 3.92. The summed E-state index contributed by atoms with van der Waals surface area (Å²) in [6.45, 7) is 3.52. The number of nitrogens with one attached hydrogen (secondary N) is 1. The Hall–Kier alpha value is -3.08. The summed E-state index contributed by atoms with van der Waals surface area (Å²) in [4.78, 5) is 17.2. The summed E-state index contributed by atoms with van der Waals surface area (Å²) in [6.07, 6.45) is 0. The van der Waals surface area contributed by atoms with Crippen LogP contribution in [0.5, 0.6) is 5.75 Å². The molecule has 0 radical (unpaired) electrons. The standard InChI is InChI=1S/C20H19N3O2/c1-12-18(13(2)24)19(14-8-4-7-11-17(14)25-3)23-16-10-6-5-9-15(16)22-20(23)21-12/h4-11,19H,1-3H3,(H,21,22)/t19-/m1/s1. The highest BCUT2D eigenvalue weighted by Gasteiger charge is 2.33. The van der Waals surface area contributed by atoms with E-state index in [0.29, 0.717) is 0 Å². The molecule has 25 heavy (non-hydrogen) atoms. The number of nitrogens with zero attached hydrogens (tertiary/aromatic N) is 2. The third-order valence-corrected chi connectivity index (χ3v) is 4.64. The van der Waals surface area contributed by atoms with E-state index in [1.54, 1.807) is 14.0 Å². The van der Waals surface area contributed by atoms with Crippen LogP contribution >= 0.6 is 0 Å². The van der Waals surface area contributed by atoms with Crippen molar-refractivity contribution in [2.45, 2.75) is 19.9 Å². The monoisotopic (exact) mass is 333 g/mol. The summed E-state index contributed by atoms with van der Waals surface area (Å²) in [6, 6.07) is 15.5. The van der Waals surface area contributed by atoms with Crippen molar-refractivity contribution in [1.82, 2.24) is 9.55 Å². The first-order valence-corrected chi connectivity index (χ1v) is 8.20. The Bertz CT molecular complexity index is 1020. The summed E-state index contributed by atoms with van der Waals surface area (Å²) in [5, 5.41) is 3.29. The highest BCUT2D eigenvalue weighted by Crippen LogP contribution is 2.42. The van der Waals surface area contributed by atoms with Crippen molar-refractivity contribution in [2.24, 2.45) is 0 Å². The van der Waals surface area contributed by atoms with Crippen LogP contribution in [0, 0.1) is 0 Å². The quantitative estimate of drug-likeness (QED) is 0.789. The molecule has 0 unspecified atom stereocenters. The second kappa shape index (κ2) is 5.77. The van der Waals surface area contributed by atoms with Crippen LogP contribution in [0.4, 0.5) is 5.95 Å². The van der Waals surface area contributed by atoms with Crippen LogP contribution < -0.4 is 10.1 Å². The second-order valence-electron chi connectivity index (χ2n) is 6.16. The third kappa shape index (κ3) is 2.31. The average Bonchev–Trinajstić information content (AvgIpc) is 2.98. The number of fused-ring (bicyclic) bond motifs is 3. The summed E-state index contributed by atoms with van der Waals surface area (Å²) < 4.78 is 7.66. The lowest BCUT2D eigenvalue weighted by Crippen LogP contribution is -2.27. The summed E-state index contributed by atoms with van der Waals surface area (Å²) in [5.74, 6) is 1.52. The molecule has 0 bridgehead atoms. The zero-order valence-electron chi connectivity index (χ0n) is 14.4. The Morgan fingerprint density at radius 3 is 2.64 bits per heavy atom. The van der Waals surface area contributed by atoms with Gasteiger partial charge < -0.3 is 10.1 Å². The van der Waals surface area contributed by atoms with Crippen LogP contribution in [0.2, 0.25) is 0 Å². The number of rotatable bonds is 3. The summed E-state index contributed by atoms with van der Waals surface area (Å²) >= 11 is 0. The van der Waals surface area contributed by atoms with E-state index < -0.39 is 0 Å². The average molecular weight is 333 g/mol. The minimum absolute atomic E-state index is 0.0318. The molecular formula is C20H19N3O2. The summed E-state index contributed by atoms with van der Waals surface area (Å²) in [7, 11) is 1.65. The van der Waals surface area contributed by atoms with Gasteiger partial charge in [-0.15, -0.1) is 0 Å². The fourth-order valence-electron chi connectivity index (χ4n) is 3.61. The topological polar surface area (TPSA) is 56.1 Å². The van der Waals surface area contributed by atoms with Gasteiger partial charge in [0.2, 0.25) is 5.95 Å². The highest BCUT2D eigenvalue weighted by molar-refractivity contribution is 5.97. The Morgan fingerprint density at radius 2 is 1.88 bits per heavy atom. The maximum Gasteiger partial charge on any atom is 0.209 e. The van der Waals surface area contributed by atoms with E-state index in [-0.39, 0.29) is 11.8 Å². The van der Waals surface area contributed by atoms with Gasteiger partial charge in [0.1, 0.15) is 5.75 Å². The van der Waals surface area contributed by atoms with Gasteiger partial charge in [-0.1, -0.05) is 30.3 Å². The van der Waals surface area contributed by atoms with E-state index in [0.717, 1.165) is 39.6 Å². The molecule has 1 aliphatic heterocycles. The number of hydrogen-bond acceptors (Lipinski definition) is 4. The molecule has 3 aromatic rings. The van der Waals surface area contributed by atoms with Gasteiger partial charge in [0.25, 0.3) is 0 Å². The molecule has 1 atom stereocenters. The molecule has 0 saturated heterocycles. The van der Waals surface area contributed by atoms with Gasteiger partial charge in [0.05, 0.1) is 24.2 Å². The molecule has 0 amide bonds. The Labute approximate surface area is 145 Å². The van der Waals surface area contributed by atoms with E-state index in [9.17, 15) is 4.79 Å². The van der Waals surface area contributed by atoms with Crippen LogP contribution in [0.15, 0.2) is 59.8 Å². The van der Waals surface area contributed by atoms with Gasteiger partial charge in [-0.2, -0.15) is 0 Å². The van der Waals surface area contributed by atoms with Crippen molar-refractivity contribution in [3.05, 3.63) is 65.4 Å². The SMILES string of the molecule is COc1ccccc1[C@@H]1C(C(C)=O)=C(C)Nc2nc3ccccc3n21. The molecule has 1 aromatic heterocycles. The molecular weight excluding hydrogens is 314 g/mol. The first-order valence-electron chi connectivity index (χ1n) is 8.20. The molecule has 1 aliphatic rings. The van der Waals surface area contributed by atoms with Crippen LogP contribution in [-0.4, -0.2) is 22.4 Å². The smallest absolute Gasteiger partial charge is 0.209 e. The van der Waals surface area contributed by atoms with Crippen LogP contribution in [0.25, 0.3) is 11.0 Å². The van der Waals surface area contributed by atoms with Gasteiger partial charge in [-0.05, 0) is 32.0 Å². The molecule has 2 aromatic carbocycles. The number of para-hydroxylation sites is 3. The lowest BCUT2D eigenvalue weighted by atomic mass is 9.92. The van der Waals surface area contributed by atoms with Gasteiger partial charge in [-0.3, -0.25) is 9.36 Å². The lowest BCUT2D eigenvalue weighted by Gasteiger charge is -2.31. The molecule has 5 nitrogen and oxygen atoms in total. The van der Waals surface area contributed by atoms with Gasteiger partial charge in [0, 0.05) is 16.8 Å². The number of hydrogen-bond donors (Lipinski definition) is 1. The van der Waals surface area contributed by atoms with Crippen molar-refractivity contribution >= 4 is 22.8 Å². The number of carbonyl (C=O) groups excluding carboxylic acids is 1. The Morgan fingerprint density at radius 1 is 1.16 bits per heavy atom. The zero-order valence-corrected chi connectivity index (χ0v) is 14.4. The number of Topliss-reactive ketones (excluding diaryl/α,β-unsaturated/α-hetero) is 1. The number of anilines is 1. The minimum Gasteiger partial charge on any atom is -0.496 e. The maximum absolute atomic E-state index is 12.5. The largest absolute Gasteiger partial charge is 0.496 e. The first-order chi connectivity index (χ1) is 12.1. The molecule has 4 rings (SSSR count). The van der Waals surface area contributed by atoms with E-state index in [4.69, 9.17) is 9.72 Å². The van der Waals surface area contributed by atoms with Crippen molar-refractivity contribution in [1.29, 1.82) is 0 Å². The van der Waals surface area contributed by atoms with Crippen LogP contribution in [-0.2, 0) is 4.79 Å². The number of carbonyl (C=O) groups is 1. The third-order valence-electron chi connectivity index (χ3n) is 4.64. The number of imidazole rings is 1. The first kappa shape index (κ1) is 15.4. The van der Waals surface area contributed by atoms with Crippen molar-refractivity contribution in [2.75, 3.05) is 12.4 Å². The molecule has 2 heterocycles. The molecule has 0 aliphatic carbocycles. The van der Waals surface area contributed by atoms with Crippen LogP contribution in [0.1, 0.15) is 25.5 Å². The predicted molar refractivity (Wildman–Crippen MR) is 97.9 cm³/mol. The lowest BCUT2D eigenvalue weighted by molar-refractivity contribution is -0.114. The normalized spacial score (nSPS) is 16.5. The van der Waals surface area contributed by atoms with Gasteiger partial charge in [-0.25, -0.2) is 4.98 Å². The van der Waals surface area contributed by atoms with Gasteiger partial charge >= 0.3 is 0 Å². The number of benzene rings is 2. The molecule has 126 valence electrons. The van der Waals surface area contributed by atoms with E-state index in [2.05, 4.69) is 9.88 Å². The Balaban J connectivity index is 2.06. The number of methoxy groups -OCH3 is 1. The second-order valence-corrected chi connectivity index (χ2v) is 6.16. The molecule has 1 N–H and O–H groups in total. The van der Waals surface area contributed by atoms with Crippen molar-refractivity contribution in [3.63, 3.8) is 0 Å². The Kier molecular flexibility index (Phi) is 3.57.